The molecule has 0 spiro atoms. The Labute approximate surface area is 176 Å². The van der Waals surface area contributed by atoms with E-state index in [1.165, 1.54) is 0 Å². The predicted molar refractivity (Wildman–Crippen MR) is 113 cm³/mol. The highest BCUT2D eigenvalue weighted by atomic mass is 35.5. The Morgan fingerprint density at radius 1 is 1.14 bits per heavy atom. The zero-order valence-corrected chi connectivity index (χ0v) is 18.0. The van der Waals surface area contributed by atoms with E-state index in [0.717, 1.165) is 36.7 Å². The van der Waals surface area contributed by atoms with Crippen molar-refractivity contribution < 1.29 is 18.7 Å². The number of nitrogens with one attached hydrogen (secondary N) is 2. The van der Waals surface area contributed by atoms with E-state index in [1.54, 1.807) is 6.07 Å². The molecule has 0 aliphatic heterocycles. The second-order valence-electron chi connectivity index (χ2n) is 8.71. The molecule has 2 N–H and O–H groups in total. The van der Waals surface area contributed by atoms with Crippen molar-refractivity contribution in [2.24, 2.45) is 11.8 Å². The van der Waals surface area contributed by atoms with Gasteiger partial charge in [-0.2, -0.15) is 0 Å². The van der Waals surface area contributed by atoms with Crippen LogP contribution in [0.5, 0.6) is 0 Å². The highest BCUT2D eigenvalue weighted by Gasteiger charge is 2.27. The van der Waals surface area contributed by atoms with Crippen LogP contribution in [0.2, 0.25) is 5.02 Å². The summed E-state index contributed by atoms with van der Waals surface area (Å²) in [5.41, 5.74) is 0.267. The molecule has 1 saturated carbocycles. The first-order valence-electron chi connectivity index (χ1n) is 10.1. The molecule has 1 aliphatic carbocycles. The van der Waals surface area contributed by atoms with E-state index in [4.69, 9.17) is 20.8 Å². The van der Waals surface area contributed by atoms with Gasteiger partial charge < -0.3 is 19.8 Å². The topological polar surface area (TPSA) is 80.6 Å². The molecule has 1 fully saturated rings. The van der Waals surface area contributed by atoms with Gasteiger partial charge in [-0.25, -0.2) is 4.79 Å². The normalized spacial score (nSPS) is 19.7. The Morgan fingerprint density at radius 2 is 1.86 bits per heavy atom. The van der Waals surface area contributed by atoms with E-state index in [9.17, 15) is 9.59 Å². The van der Waals surface area contributed by atoms with Crippen LogP contribution in [-0.2, 0) is 16.1 Å². The number of fused-ring (bicyclic) bond motifs is 1. The van der Waals surface area contributed by atoms with Gasteiger partial charge in [0.25, 0.3) is 0 Å². The van der Waals surface area contributed by atoms with Crippen molar-refractivity contribution in [2.75, 3.05) is 6.54 Å². The van der Waals surface area contributed by atoms with Crippen molar-refractivity contribution >= 4 is 34.6 Å². The van der Waals surface area contributed by atoms with E-state index in [0.29, 0.717) is 29.8 Å². The number of carbonyl (C=O) groups is 2. The quantitative estimate of drug-likeness (QED) is 0.710. The summed E-state index contributed by atoms with van der Waals surface area (Å²) in [6.45, 7) is 6.49. The van der Waals surface area contributed by atoms with Crippen LogP contribution in [0, 0.1) is 11.8 Å². The van der Waals surface area contributed by atoms with Gasteiger partial charge in [0.2, 0.25) is 5.91 Å². The van der Waals surface area contributed by atoms with E-state index in [-0.39, 0.29) is 17.9 Å². The van der Waals surface area contributed by atoms with Crippen LogP contribution < -0.4 is 10.6 Å². The minimum absolute atomic E-state index is 0.00611. The van der Waals surface area contributed by atoms with E-state index >= 15 is 0 Å². The molecular formula is C22H29ClN2O4. The summed E-state index contributed by atoms with van der Waals surface area (Å²) in [5.74, 6) is 1.16. The van der Waals surface area contributed by atoms with Gasteiger partial charge in [0, 0.05) is 22.9 Å². The van der Waals surface area contributed by atoms with E-state index in [1.807, 2.05) is 39.0 Å². The maximum Gasteiger partial charge on any atom is 0.407 e. The van der Waals surface area contributed by atoms with Crippen LogP contribution in [-0.4, -0.2) is 24.1 Å². The molecule has 1 heterocycles. The summed E-state index contributed by atoms with van der Waals surface area (Å²) in [6, 6.07) is 7.36. The SMILES string of the molecule is CC(C)(C)OC(=O)NC[C@H]1CC[C@H](C(=O)NCc2cc3cc(Cl)ccc3o2)CC1. The third-order valence-corrected chi connectivity index (χ3v) is 5.35. The summed E-state index contributed by atoms with van der Waals surface area (Å²) < 4.78 is 11.0. The first-order chi connectivity index (χ1) is 13.7. The number of halogens is 1. The molecular weight excluding hydrogens is 392 g/mol. The first kappa shape index (κ1) is 21.5. The average molecular weight is 421 g/mol. The number of ether oxygens (including phenoxy) is 1. The number of alkyl carbamates (subject to hydrolysis) is 1. The van der Waals surface area contributed by atoms with Crippen molar-refractivity contribution in [1.82, 2.24) is 10.6 Å². The number of furan rings is 1. The molecule has 0 saturated heterocycles. The lowest BCUT2D eigenvalue weighted by Gasteiger charge is -2.28. The van der Waals surface area contributed by atoms with Crippen molar-refractivity contribution in [2.45, 2.75) is 58.6 Å². The molecule has 0 bridgehead atoms. The third kappa shape index (κ3) is 6.39. The van der Waals surface area contributed by atoms with Crippen LogP contribution >= 0.6 is 11.6 Å². The lowest BCUT2D eigenvalue weighted by atomic mass is 9.81. The van der Waals surface area contributed by atoms with Crippen LogP contribution in [0.25, 0.3) is 11.0 Å². The number of benzene rings is 1. The van der Waals surface area contributed by atoms with Gasteiger partial charge in [-0.3, -0.25) is 4.79 Å². The fourth-order valence-electron chi connectivity index (χ4n) is 3.65. The lowest BCUT2D eigenvalue weighted by Crippen LogP contribution is -2.38. The van der Waals surface area contributed by atoms with Gasteiger partial charge in [-0.05, 0) is 76.6 Å². The average Bonchev–Trinajstić information content (AvgIpc) is 3.05. The molecule has 2 amide bonds. The van der Waals surface area contributed by atoms with Gasteiger partial charge in [0.1, 0.15) is 16.9 Å². The monoisotopic (exact) mass is 420 g/mol. The molecule has 1 aliphatic rings. The molecule has 158 valence electrons. The van der Waals surface area contributed by atoms with Gasteiger partial charge >= 0.3 is 6.09 Å². The minimum atomic E-state index is -0.494. The van der Waals surface area contributed by atoms with E-state index < -0.39 is 5.60 Å². The number of carbonyl (C=O) groups excluding carboxylic acids is 2. The highest BCUT2D eigenvalue weighted by molar-refractivity contribution is 6.31. The second-order valence-corrected chi connectivity index (χ2v) is 9.15. The summed E-state index contributed by atoms with van der Waals surface area (Å²) in [4.78, 5) is 24.3. The van der Waals surface area contributed by atoms with Gasteiger partial charge in [0.15, 0.2) is 0 Å². The maximum atomic E-state index is 12.5. The predicted octanol–water partition coefficient (Wildman–Crippen LogP) is 5.03. The van der Waals surface area contributed by atoms with Gasteiger partial charge in [-0.1, -0.05) is 11.6 Å². The highest BCUT2D eigenvalue weighted by Crippen LogP contribution is 2.29. The van der Waals surface area contributed by atoms with Crippen LogP contribution in [0.4, 0.5) is 4.79 Å². The number of hydrogen-bond acceptors (Lipinski definition) is 4. The molecule has 6 nitrogen and oxygen atoms in total. The fourth-order valence-corrected chi connectivity index (χ4v) is 3.83. The molecule has 0 unspecified atom stereocenters. The first-order valence-corrected chi connectivity index (χ1v) is 10.5. The van der Waals surface area contributed by atoms with Crippen molar-refractivity contribution in [3.63, 3.8) is 0 Å². The largest absolute Gasteiger partial charge is 0.459 e. The smallest absolute Gasteiger partial charge is 0.407 e. The molecule has 0 radical (unpaired) electrons. The van der Waals surface area contributed by atoms with E-state index in [2.05, 4.69) is 10.6 Å². The Balaban J connectivity index is 1.40. The molecule has 3 rings (SSSR count). The minimum Gasteiger partial charge on any atom is -0.459 e. The summed E-state index contributed by atoms with van der Waals surface area (Å²) in [6.07, 6.45) is 3.09. The lowest BCUT2D eigenvalue weighted by molar-refractivity contribution is -0.126. The Hall–Kier alpha value is -2.21. The van der Waals surface area contributed by atoms with Crippen LogP contribution in [0.15, 0.2) is 28.7 Å². The molecule has 29 heavy (non-hydrogen) atoms. The standard InChI is InChI=1S/C22H29ClN2O4/c1-22(2,3)29-21(27)25-12-14-4-6-15(7-5-14)20(26)24-13-18-11-16-10-17(23)8-9-19(16)28-18/h8-11,14-15H,4-7,12-13H2,1-3H3,(H,24,26)(H,25,27)/t14-,15-. The summed E-state index contributed by atoms with van der Waals surface area (Å²) in [7, 11) is 0. The zero-order valence-electron chi connectivity index (χ0n) is 17.2. The zero-order chi connectivity index (χ0) is 21.0. The fraction of sp³-hybridized carbons (Fsp3) is 0.545. The summed E-state index contributed by atoms with van der Waals surface area (Å²) in [5, 5.41) is 7.40. The number of rotatable bonds is 5. The molecule has 0 atom stereocenters. The van der Waals surface area contributed by atoms with Gasteiger partial charge in [0.05, 0.1) is 6.54 Å². The van der Waals surface area contributed by atoms with Crippen LogP contribution in [0.3, 0.4) is 0 Å². The van der Waals surface area contributed by atoms with Crippen molar-refractivity contribution in [3.05, 3.63) is 35.0 Å². The maximum absolute atomic E-state index is 12.5. The molecule has 1 aromatic carbocycles. The third-order valence-electron chi connectivity index (χ3n) is 5.12. The number of amides is 2. The van der Waals surface area contributed by atoms with Crippen molar-refractivity contribution in [1.29, 1.82) is 0 Å². The second kappa shape index (κ2) is 9.08. The number of hydrogen-bond donors (Lipinski definition) is 2. The van der Waals surface area contributed by atoms with Crippen LogP contribution in [0.1, 0.15) is 52.2 Å². The molecule has 7 heteroatoms. The van der Waals surface area contributed by atoms with Gasteiger partial charge in [-0.15, -0.1) is 0 Å². The molecule has 1 aromatic heterocycles. The Bertz CT molecular complexity index is 863. The Morgan fingerprint density at radius 3 is 2.55 bits per heavy atom. The molecule has 2 aromatic rings. The van der Waals surface area contributed by atoms with Crippen molar-refractivity contribution in [3.8, 4) is 0 Å². The Kier molecular flexibility index (Phi) is 6.73. The summed E-state index contributed by atoms with van der Waals surface area (Å²) >= 11 is 6.00.